The van der Waals surface area contributed by atoms with Crippen molar-refractivity contribution >= 4 is 15.9 Å². The standard InChI is InChI=1S/C16H26BrNO/c1-8-18-9-16(5,6)13-12(4)14(17)10(2)11(3)15(13)19-7/h18H,8-9H2,1-7H3. The monoisotopic (exact) mass is 327 g/mol. The van der Waals surface area contributed by atoms with Crippen molar-refractivity contribution < 1.29 is 4.74 Å². The van der Waals surface area contributed by atoms with E-state index in [1.807, 2.05) is 0 Å². The Morgan fingerprint density at radius 3 is 2.16 bits per heavy atom. The molecule has 3 heteroatoms. The first kappa shape index (κ1) is 16.5. The minimum Gasteiger partial charge on any atom is -0.496 e. The Labute approximate surface area is 126 Å². The van der Waals surface area contributed by atoms with Crippen molar-refractivity contribution in [2.24, 2.45) is 0 Å². The second kappa shape index (κ2) is 6.27. The molecular formula is C16H26BrNO. The average Bonchev–Trinajstić information content (AvgIpc) is 2.37. The lowest BCUT2D eigenvalue weighted by Crippen LogP contribution is -2.34. The van der Waals surface area contributed by atoms with Gasteiger partial charge in [-0.1, -0.05) is 36.7 Å². The zero-order valence-electron chi connectivity index (χ0n) is 13.2. The summed E-state index contributed by atoms with van der Waals surface area (Å²) in [6, 6.07) is 0. The van der Waals surface area contributed by atoms with Gasteiger partial charge in [0.05, 0.1) is 7.11 Å². The zero-order valence-corrected chi connectivity index (χ0v) is 14.8. The lowest BCUT2D eigenvalue weighted by atomic mass is 9.79. The van der Waals surface area contributed by atoms with Gasteiger partial charge in [0.1, 0.15) is 5.75 Å². The summed E-state index contributed by atoms with van der Waals surface area (Å²) in [7, 11) is 1.77. The van der Waals surface area contributed by atoms with E-state index in [9.17, 15) is 0 Å². The fourth-order valence-electron chi connectivity index (χ4n) is 2.68. The second-order valence-electron chi connectivity index (χ2n) is 5.76. The summed E-state index contributed by atoms with van der Waals surface area (Å²) in [4.78, 5) is 0. The zero-order chi connectivity index (χ0) is 14.8. The normalized spacial score (nSPS) is 11.8. The lowest BCUT2D eigenvalue weighted by molar-refractivity contribution is 0.382. The molecule has 0 atom stereocenters. The minimum absolute atomic E-state index is 0.0341. The third-order valence-electron chi connectivity index (χ3n) is 3.86. The molecule has 1 N–H and O–H groups in total. The fourth-order valence-corrected chi connectivity index (χ4v) is 3.18. The number of ether oxygens (including phenoxy) is 1. The molecule has 1 aromatic carbocycles. The van der Waals surface area contributed by atoms with Gasteiger partial charge in [-0.05, 0) is 44.0 Å². The Hall–Kier alpha value is -0.540. The van der Waals surface area contributed by atoms with Crippen LogP contribution < -0.4 is 10.1 Å². The molecule has 0 amide bonds. The number of nitrogens with one attached hydrogen (secondary N) is 1. The molecule has 0 unspecified atom stereocenters. The summed E-state index contributed by atoms with van der Waals surface area (Å²) in [5, 5.41) is 3.45. The van der Waals surface area contributed by atoms with Crippen molar-refractivity contribution in [1.29, 1.82) is 0 Å². The smallest absolute Gasteiger partial charge is 0.126 e. The lowest BCUT2D eigenvalue weighted by Gasteiger charge is -2.31. The average molecular weight is 328 g/mol. The van der Waals surface area contributed by atoms with Crippen LogP contribution in [-0.4, -0.2) is 20.2 Å². The highest BCUT2D eigenvalue weighted by Crippen LogP contribution is 2.42. The molecule has 0 aliphatic heterocycles. The Kier molecular flexibility index (Phi) is 5.45. The first-order valence-electron chi connectivity index (χ1n) is 6.82. The van der Waals surface area contributed by atoms with Crippen molar-refractivity contribution in [3.63, 3.8) is 0 Å². The van der Waals surface area contributed by atoms with Crippen LogP contribution in [0.3, 0.4) is 0 Å². The maximum Gasteiger partial charge on any atom is 0.126 e. The number of hydrogen-bond acceptors (Lipinski definition) is 2. The molecule has 0 saturated heterocycles. The van der Waals surface area contributed by atoms with E-state index in [1.54, 1.807) is 7.11 Å². The number of benzene rings is 1. The van der Waals surface area contributed by atoms with E-state index in [0.29, 0.717) is 0 Å². The number of halogens is 1. The summed E-state index contributed by atoms with van der Waals surface area (Å²) in [6.07, 6.45) is 0. The summed E-state index contributed by atoms with van der Waals surface area (Å²) < 4.78 is 6.91. The Morgan fingerprint density at radius 1 is 1.11 bits per heavy atom. The van der Waals surface area contributed by atoms with Gasteiger partial charge in [-0.2, -0.15) is 0 Å². The van der Waals surface area contributed by atoms with E-state index >= 15 is 0 Å². The van der Waals surface area contributed by atoms with E-state index in [0.717, 1.165) is 18.8 Å². The maximum atomic E-state index is 5.71. The van der Waals surface area contributed by atoms with Gasteiger partial charge in [0.25, 0.3) is 0 Å². The van der Waals surface area contributed by atoms with Crippen LogP contribution in [0.15, 0.2) is 4.47 Å². The maximum absolute atomic E-state index is 5.71. The minimum atomic E-state index is 0.0341. The van der Waals surface area contributed by atoms with Gasteiger partial charge < -0.3 is 10.1 Å². The van der Waals surface area contributed by atoms with Crippen LogP contribution in [0.1, 0.15) is 43.0 Å². The van der Waals surface area contributed by atoms with Crippen molar-refractivity contribution in [2.45, 2.75) is 47.0 Å². The Balaban J connectivity index is 3.49. The van der Waals surface area contributed by atoms with E-state index < -0.39 is 0 Å². The van der Waals surface area contributed by atoms with Gasteiger partial charge in [0.2, 0.25) is 0 Å². The first-order valence-corrected chi connectivity index (χ1v) is 7.61. The molecule has 0 heterocycles. The highest BCUT2D eigenvalue weighted by molar-refractivity contribution is 9.10. The number of methoxy groups -OCH3 is 1. The SMILES string of the molecule is CCNCC(C)(C)c1c(C)c(Br)c(C)c(C)c1OC. The molecule has 0 aliphatic rings. The molecule has 0 spiro atoms. The van der Waals surface area contributed by atoms with Crippen LogP contribution in [0.4, 0.5) is 0 Å². The van der Waals surface area contributed by atoms with Gasteiger partial charge in [-0.3, -0.25) is 0 Å². The molecule has 0 radical (unpaired) electrons. The van der Waals surface area contributed by atoms with Crippen molar-refractivity contribution in [3.8, 4) is 5.75 Å². The van der Waals surface area contributed by atoms with E-state index in [2.05, 4.69) is 62.8 Å². The number of rotatable bonds is 5. The summed E-state index contributed by atoms with van der Waals surface area (Å²) >= 11 is 3.73. The molecule has 0 fully saturated rings. The van der Waals surface area contributed by atoms with Crippen molar-refractivity contribution in [1.82, 2.24) is 5.32 Å². The molecular weight excluding hydrogens is 302 g/mol. The molecule has 1 rings (SSSR count). The molecule has 0 bridgehead atoms. The van der Waals surface area contributed by atoms with E-state index in [4.69, 9.17) is 4.74 Å². The van der Waals surface area contributed by atoms with Gasteiger partial charge in [-0.15, -0.1) is 0 Å². The fraction of sp³-hybridized carbons (Fsp3) is 0.625. The van der Waals surface area contributed by atoms with Crippen molar-refractivity contribution in [3.05, 3.63) is 26.7 Å². The number of hydrogen-bond donors (Lipinski definition) is 1. The van der Waals surface area contributed by atoms with Crippen LogP contribution in [0.25, 0.3) is 0 Å². The Morgan fingerprint density at radius 2 is 1.68 bits per heavy atom. The van der Waals surface area contributed by atoms with Crippen LogP contribution in [-0.2, 0) is 5.41 Å². The third kappa shape index (κ3) is 3.14. The highest BCUT2D eigenvalue weighted by Gasteiger charge is 2.29. The van der Waals surface area contributed by atoms with Gasteiger partial charge in [-0.25, -0.2) is 0 Å². The van der Waals surface area contributed by atoms with Gasteiger partial charge in [0.15, 0.2) is 0 Å². The first-order chi connectivity index (χ1) is 8.77. The highest BCUT2D eigenvalue weighted by atomic mass is 79.9. The van der Waals surface area contributed by atoms with Crippen LogP contribution in [0.5, 0.6) is 5.75 Å². The largest absolute Gasteiger partial charge is 0.496 e. The molecule has 19 heavy (non-hydrogen) atoms. The van der Waals surface area contributed by atoms with E-state index in [-0.39, 0.29) is 5.41 Å². The molecule has 108 valence electrons. The summed E-state index contributed by atoms with van der Waals surface area (Å²) in [5.74, 6) is 1.03. The molecule has 0 saturated carbocycles. The number of likely N-dealkylation sites (N-methyl/N-ethyl adjacent to an activating group) is 1. The third-order valence-corrected chi connectivity index (χ3v) is 5.05. The topological polar surface area (TPSA) is 21.3 Å². The van der Waals surface area contributed by atoms with Crippen LogP contribution >= 0.6 is 15.9 Å². The second-order valence-corrected chi connectivity index (χ2v) is 6.55. The summed E-state index contributed by atoms with van der Waals surface area (Å²) in [6.45, 7) is 15.0. The quantitative estimate of drug-likeness (QED) is 0.871. The predicted octanol–water partition coefficient (Wildman–Crippen LogP) is 4.27. The van der Waals surface area contributed by atoms with Gasteiger partial charge >= 0.3 is 0 Å². The van der Waals surface area contributed by atoms with Crippen LogP contribution in [0, 0.1) is 20.8 Å². The summed E-state index contributed by atoms with van der Waals surface area (Å²) in [5.41, 5.74) is 5.09. The van der Waals surface area contributed by atoms with E-state index in [1.165, 1.54) is 26.7 Å². The van der Waals surface area contributed by atoms with Crippen molar-refractivity contribution in [2.75, 3.05) is 20.2 Å². The molecule has 0 aromatic heterocycles. The Bertz CT molecular complexity index is 467. The van der Waals surface area contributed by atoms with Gasteiger partial charge in [0, 0.05) is 22.0 Å². The molecule has 0 aliphatic carbocycles. The predicted molar refractivity (Wildman–Crippen MR) is 86.5 cm³/mol. The molecule has 1 aromatic rings. The molecule has 2 nitrogen and oxygen atoms in total. The van der Waals surface area contributed by atoms with Crippen LogP contribution in [0.2, 0.25) is 0 Å².